The van der Waals surface area contributed by atoms with Crippen LogP contribution in [0.3, 0.4) is 0 Å². The number of carbonyl (C=O) groups is 2. The Morgan fingerprint density at radius 1 is 1.07 bits per heavy atom. The molecule has 44 heavy (non-hydrogen) atoms. The average molecular weight is 623 g/mol. The highest BCUT2D eigenvalue weighted by Crippen LogP contribution is 2.30. The number of aryl methyl sites for hydroxylation is 1. The van der Waals surface area contributed by atoms with Gasteiger partial charge < -0.3 is 20.1 Å². The predicted octanol–water partition coefficient (Wildman–Crippen LogP) is 5.09. The van der Waals surface area contributed by atoms with Crippen molar-refractivity contribution in [3.05, 3.63) is 72.2 Å². The molecule has 0 radical (unpaired) electrons. The Morgan fingerprint density at radius 2 is 1.80 bits per heavy atom. The molecular weight excluding hydrogens is 576 g/mol. The summed E-state index contributed by atoms with van der Waals surface area (Å²) in [6.07, 6.45) is 8.47. The van der Waals surface area contributed by atoms with Crippen LogP contribution in [0.2, 0.25) is 0 Å². The van der Waals surface area contributed by atoms with Crippen molar-refractivity contribution in [2.45, 2.75) is 76.4 Å². The minimum Gasteiger partial charge on any atom is -0.379 e. The van der Waals surface area contributed by atoms with E-state index in [0.29, 0.717) is 18.0 Å². The Bertz CT molecular complexity index is 1500. The molecule has 2 amide bonds. The molecule has 4 rings (SSSR count). The third-order valence-corrected chi connectivity index (χ3v) is 9.44. The Balaban J connectivity index is 1.53. The normalized spacial score (nSPS) is 14.7. The number of amides is 2. The Hall–Kier alpha value is -3.86. The topological polar surface area (TPSA) is 125 Å². The molecule has 3 aromatic rings. The molecule has 11 heteroatoms. The Morgan fingerprint density at radius 3 is 2.45 bits per heavy atom. The number of nitrogens with zero attached hydrogens (tertiary/aromatic N) is 3. The van der Waals surface area contributed by atoms with Crippen LogP contribution in [0.4, 0.5) is 11.4 Å². The Labute approximate surface area is 261 Å². The van der Waals surface area contributed by atoms with E-state index in [-0.39, 0.29) is 23.3 Å². The minimum absolute atomic E-state index is 0.0770. The van der Waals surface area contributed by atoms with Gasteiger partial charge in [0.2, 0.25) is 5.91 Å². The summed E-state index contributed by atoms with van der Waals surface area (Å²) in [6, 6.07) is 15.2. The predicted molar refractivity (Wildman–Crippen MR) is 174 cm³/mol. The lowest BCUT2D eigenvalue weighted by Crippen LogP contribution is -2.45. The second-order valence-electron chi connectivity index (χ2n) is 12.3. The quantitative estimate of drug-likeness (QED) is 0.229. The number of hydrogen-bond acceptors (Lipinski definition) is 7. The average Bonchev–Trinajstić information content (AvgIpc) is 3.46. The van der Waals surface area contributed by atoms with Gasteiger partial charge >= 0.3 is 0 Å². The van der Waals surface area contributed by atoms with Gasteiger partial charge in [0.25, 0.3) is 15.9 Å². The zero-order chi connectivity index (χ0) is 31.7. The molecule has 1 fully saturated rings. The lowest BCUT2D eigenvalue weighted by atomic mass is 9.82. The fourth-order valence-corrected chi connectivity index (χ4v) is 6.59. The van der Waals surface area contributed by atoms with Crippen molar-refractivity contribution in [3.63, 3.8) is 0 Å². The third-order valence-electron chi connectivity index (χ3n) is 8.18. The molecule has 0 saturated heterocycles. The maximum Gasteiger partial charge on any atom is 0.283 e. The van der Waals surface area contributed by atoms with Gasteiger partial charge in [0.1, 0.15) is 0 Å². The molecule has 3 N–H and O–H groups in total. The zero-order valence-corrected chi connectivity index (χ0v) is 27.1. The smallest absolute Gasteiger partial charge is 0.283 e. The summed E-state index contributed by atoms with van der Waals surface area (Å²) in [7, 11) is -0.399. The fraction of sp³-hybridized carbons (Fsp3) is 0.485. The van der Waals surface area contributed by atoms with E-state index in [2.05, 4.69) is 58.3 Å². The van der Waals surface area contributed by atoms with Crippen LogP contribution in [0, 0.1) is 11.8 Å². The standard InChI is InChI=1S/C33H46N6O4S/c1-24(2)17-18-39(4)30-16-15-27(19-29(30)34-21-25-11-7-5-8-12-25)33(41)36-28(26-13-9-6-10-14-26)20-31(40)37-44(42,43)32-22-38(3)23-35-32/h5,7-8,11-12,15-16,19,22-24,26,28,34H,6,9-10,13-14,17-18,20-21H2,1-4H3,(H,36,41)(H,37,40). The fourth-order valence-electron chi connectivity index (χ4n) is 5.61. The van der Waals surface area contributed by atoms with E-state index < -0.39 is 22.0 Å². The van der Waals surface area contributed by atoms with Crippen LogP contribution in [0.5, 0.6) is 0 Å². The largest absolute Gasteiger partial charge is 0.379 e. The van der Waals surface area contributed by atoms with Gasteiger partial charge in [-0.2, -0.15) is 8.42 Å². The van der Waals surface area contributed by atoms with Crippen molar-refractivity contribution in [2.75, 3.05) is 23.8 Å². The van der Waals surface area contributed by atoms with E-state index in [1.54, 1.807) is 7.05 Å². The molecule has 1 unspecified atom stereocenters. The molecule has 1 aliphatic carbocycles. The van der Waals surface area contributed by atoms with E-state index >= 15 is 0 Å². The number of anilines is 2. The molecule has 1 atom stereocenters. The molecule has 238 valence electrons. The second kappa shape index (κ2) is 15.2. The summed E-state index contributed by atoms with van der Waals surface area (Å²) in [5.74, 6) is -0.316. The number of nitrogens with one attached hydrogen (secondary N) is 3. The van der Waals surface area contributed by atoms with Gasteiger partial charge in [0, 0.05) is 51.4 Å². The Kier molecular flexibility index (Phi) is 11.4. The van der Waals surface area contributed by atoms with E-state index in [1.165, 1.54) is 17.1 Å². The van der Waals surface area contributed by atoms with E-state index in [1.807, 2.05) is 36.4 Å². The van der Waals surface area contributed by atoms with Crippen LogP contribution in [-0.2, 0) is 28.4 Å². The first kappa shape index (κ1) is 33.0. The van der Waals surface area contributed by atoms with E-state index in [4.69, 9.17) is 0 Å². The summed E-state index contributed by atoms with van der Waals surface area (Å²) < 4.78 is 29.1. The number of hydrogen-bond donors (Lipinski definition) is 3. The van der Waals surface area contributed by atoms with Crippen LogP contribution < -0.4 is 20.3 Å². The van der Waals surface area contributed by atoms with Crippen molar-refractivity contribution in [3.8, 4) is 0 Å². The molecule has 1 heterocycles. The summed E-state index contributed by atoms with van der Waals surface area (Å²) in [5.41, 5.74) is 3.45. The summed E-state index contributed by atoms with van der Waals surface area (Å²) in [6.45, 7) is 5.88. The number of rotatable bonds is 14. The van der Waals surface area contributed by atoms with E-state index in [9.17, 15) is 18.0 Å². The summed E-state index contributed by atoms with van der Waals surface area (Å²) in [4.78, 5) is 32.8. The van der Waals surface area contributed by atoms with Crippen LogP contribution in [0.1, 0.15) is 74.7 Å². The number of carbonyl (C=O) groups excluding carboxylic acids is 2. The molecule has 1 aromatic heterocycles. The first-order chi connectivity index (χ1) is 21.0. The highest BCUT2D eigenvalue weighted by Gasteiger charge is 2.30. The molecule has 0 spiro atoms. The van der Waals surface area contributed by atoms with Gasteiger partial charge in [-0.1, -0.05) is 63.4 Å². The van der Waals surface area contributed by atoms with Gasteiger partial charge in [-0.15, -0.1) is 0 Å². The van der Waals surface area contributed by atoms with Gasteiger partial charge in [0.15, 0.2) is 5.03 Å². The van der Waals surface area contributed by atoms with Gasteiger partial charge in [-0.3, -0.25) is 9.59 Å². The second-order valence-corrected chi connectivity index (χ2v) is 13.9. The molecule has 0 bridgehead atoms. The monoisotopic (exact) mass is 622 g/mol. The van der Waals surface area contributed by atoms with Crippen LogP contribution in [-0.4, -0.2) is 49.4 Å². The maximum absolute atomic E-state index is 13.7. The van der Waals surface area contributed by atoms with Gasteiger partial charge in [-0.05, 0) is 54.9 Å². The molecule has 2 aromatic carbocycles. The molecule has 10 nitrogen and oxygen atoms in total. The number of imidazole rings is 1. The maximum atomic E-state index is 13.7. The van der Waals surface area contributed by atoms with Crippen LogP contribution in [0.25, 0.3) is 0 Å². The molecular formula is C33H46N6O4S. The molecule has 1 saturated carbocycles. The van der Waals surface area contributed by atoms with Crippen LogP contribution in [0.15, 0.2) is 66.1 Å². The minimum atomic E-state index is -4.11. The van der Waals surface area contributed by atoms with Crippen molar-refractivity contribution in [1.82, 2.24) is 19.6 Å². The van der Waals surface area contributed by atoms with Crippen molar-refractivity contribution in [1.29, 1.82) is 0 Å². The van der Waals surface area contributed by atoms with Crippen molar-refractivity contribution < 1.29 is 18.0 Å². The summed E-state index contributed by atoms with van der Waals surface area (Å²) in [5, 5.41) is 6.40. The number of aromatic nitrogens is 2. The zero-order valence-electron chi connectivity index (χ0n) is 26.3. The van der Waals surface area contributed by atoms with Crippen LogP contribution >= 0.6 is 0 Å². The van der Waals surface area contributed by atoms with E-state index in [0.717, 1.165) is 62.0 Å². The third kappa shape index (κ3) is 9.32. The van der Waals surface area contributed by atoms with Gasteiger partial charge in [0.05, 0.1) is 17.7 Å². The number of benzene rings is 2. The lowest BCUT2D eigenvalue weighted by Gasteiger charge is -2.31. The van der Waals surface area contributed by atoms with Crippen molar-refractivity contribution in [2.24, 2.45) is 18.9 Å². The highest BCUT2D eigenvalue weighted by atomic mass is 32.2. The first-order valence-corrected chi connectivity index (χ1v) is 17.0. The highest BCUT2D eigenvalue weighted by molar-refractivity contribution is 7.90. The molecule has 0 aliphatic heterocycles. The number of sulfonamides is 1. The first-order valence-electron chi connectivity index (χ1n) is 15.5. The summed E-state index contributed by atoms with van der Waals surface area (Å²) >= 11 is 0. The van der Waals surface area contributed by atoms with Crippen molar-refractivity contribution >= 4 is 33.2 Å². The molecule has 1 aliphatic rings. The SMILES string of the molecule is CC(C)CCN(C)c1ccc(C(=O)NC(CC(=O)NS(=O)(=O)c2cn(C)cn2)C2CCCCC2)cc1NCc1ccccc1. The lowest BCUT2D eigenvalue weighted by molar-refractivity contribution is -0.120. The van der Waals surface area contributed by atoms with Gasteiger partial charge in [-0.25, -0.2) is 9.71 Å².